The number of benzene rings is 2. The van der Waals surface area contributed by atoms with Gasteiger partial charge in [-0.15, -0.1) is 15.3 Å². The van der Waals surface area contributed by atoms with Crippen LogP contribution < -0.4 is 11.1 Å². The number of hydrogen-bond acceptors (Lipinski definition) is 13. The van der Waals surface area contributed by atoms with E-state index in [1.54, 1.807) is 12.1 Å². The van der Waals surface area contributed by atoms with E-state index < -0.39 is 73.5 Å². The Morgan fingerprint density at radius 2 is 1.62 bits per heavy atom. The molecule has 5 aromatic rings. The van der Waals surface area contributed by atoms with Gasteiger partial charge >= 0.3 is 11.8 Å². The second-order valence-corrected chi connectivity index (χ2v) is 16.6. The van der Waals surface area contributed by atoms with Crippen molar-refractivity contribution in [3.63, 3.8) is 0 Å². The van der Waals surface area contributed by atoms with E-state index in [-0.39, 0.29) is 17.8 Å². The topological polar surface area (TPSA) is 301 Å². The van der Waals surface area contributed by atoms with Crippen LogP contribution in [0.5, 0.6) is 0 Å². The van der Waals surface area contributed by atoms with Gasteiger partial charge in [-0.1, -0.05) is 32.9 Å². The van der Waals surface area contributed by atoms with Crippen molar-refractivity contribution in [3.8, 4) is 5.69 Å². The van der Waals surface area contributed by atoms with E-state index >= 15 is 0 Å². The summed E-state index contributed by atoms with van der Waals surface area (Å²) in [4.78, 5) is 24.7. The Labute approximate surface area is 283 Å². The summed E-state index contributed by atoms with van der Waals surface area (Å²) in [7, 11) is -14.1. The van der Waals surface area contributed by atoms with Crippen LogP contribution in [0.4, 0.5) is 17.2 Å². The van der Waals surface area contributed by atoms with Crippen LogP contribution in [0.15, 0.2) is 73.6 Å². The van der Waals surface area contributed by atoms with Crippen LogP contribution in [0.2, 0.25) is 0 Å². The van der Waals surface area contributed by atoms with Crippen LogP contribution in [-0.2, 0) is 51.5 Å². The molecule has 0 fully saturated rings. The van der Waals surface area contributed by atoms with Gasteiger partial charge in [0.25, 0.3) is 20.2 Å². The van der Waals surface area contributed by atoms with Gasteiger partial charge in [0.15, 0.2) is 27.2 Å². The predicted octanol–water partition coefficient (Wildman–Crippen LogP) is 2.19. The number of carbonyl (C=O) groups excluding carboxylic acids is 2. The molecular weight excluding hydrogens is 721 g/mol. The number of anilines is 1. The van der Waals surface area contributed by atoms with E-state index in [0.29, 0.717) is 45.7 Å². The molecule has 20 nitrogen and oxygen atoms in total. The maximum atomic E-state index is 12.8. The minimum absolute atomic E-state index is 0.100. The van der Waals surface area contributed by atoms with Crippen LogP contribution in [0.25, 0.3) is 11.3 Å². The molecule has 3 aromatic heterocycles. The first-order valence-electron chi connectivity index (χ1n) is 14.0. The number of amides is 2. The molecule has 0 unspecified atom stereocenters. The number of aromatic amines is 1. The molecular formula is C27H27N10O10S3. The lowest BCUT2D eigenvalue weighted by Crippen LogP contribution is -2.23. The van der Waals surface area contributed by atoms with Crippen LogP contribution in [0.3, 0.4) is 0 Å². The van der Waals surface area contributed by atoms with Crippen molar-refractivity contribution in [2.24, 2.45) is 10.2 Å². The molecule has 5 N–H and O–H groups in total. The Kier molecular flexibility index (Phi) is 8.99. The van der Waals surface area contributed by atoms with Crippen molar-refractivity contribution in [2.75, 3.05) is 11.6 Å². The molecule has 0 aliphatic heterocycles. The van der Waals surface area contributed by atoms with Crippen molar-refractivity contribution >= 4 is 64.7 Å². The second kappa shape index (κ2) is 12.5. The number of H-pyrrole nitrogens is 1. The van der Waals surface area contributed by atoms with E-state index in [1.807, 2.05) is 20.8 Å². The zero-order chi connectivity index (χ0) is 37.0. The van der Waals surface area contributed by atoms with E-state index in [2.05, 4.69) is 35.8 Å². The molecule has 0 atom stereocenters. The molecule has 0 spiro atoms. The maximum absolute atomic E-state index is 12.8. The average molecular weight is 748 g/mol. The summed E-state index contributed by atoms with van der Waals surface area (Å²) in [5, 5.41) is 22.1. The standard InChI is InChI=1S/C27H27N10O10S3/c1-27(2,3)22-21(25-31-20(34-37(25)35-22)11-14-5-7-15(8-6-14)30-26(39)23(28)38)32-33-24-19(48(4,40)41)13-29-36(24)17-12-16(49(42,43)44)9-10-18(17)50(45,46)47/h5-10,12-13,28,35H,11H2,1-4H3,(H,30,39)(H,42,43,44)(H,45,46,47). The minimum Gasteiger partial charge on any atom is -0.318 e. The van der Waals surface area contributed by atoms with Gasteiger partial charge in [-0.2, -0.15) is 26.6 Å². The fourth-order valence-electron chi connectivity index (χ4n) is 4.62. The molecule has 3 heterocycles. The molecule has 0 aliphatic carbocycles. The fourth-order valence-corrected chi connectivity index (χ4v) is 6.47. The van der Waals surface area contributed by atoms with Crippen molar-refractivity contribution < 1.29 is 43.9 Å². The lowest BCUT2D eigenvalue weighted by molar-refractivity contribution is -0.134. The molecule has 50 heavy (non-hydrogen) atoms. The monoisotopic (exact) mass is 747 g/mol. The van der Waals surface area contributed by atoms with Gasteiger partial charge in [0, 0.05) is 23.8 Å². The van der Waals surface area contributed by atoms with E-state index in [9.17, 15) is 43.9 Å². The molecule has 23 heteroatoms. The predicted molar refractivity (Wildman–Crippen MR) is 172 cm³/mol. The fraction of sp³-hybridized carbons (Fsp3) is 0.222. The summed E-state index contributed by atoms with van der Waals surface area (Å²) in [6.45, 7) is 5.49. The smallest absolute Gasteiger partial charge is 0.318 e. The van der Waals surface area contributed by atoms with Gasteiger partial charge in [0.05, 0.1) is 22.5 Å². The molecule has 5 rings (SSSR count). The van der Waals surface area contributed by atoms with Crippen LogP contribution in [0, 0.1) is 0 Å². The molecule has 1 radical (unpaired) electrons. The summed E-state index contributed by atoms with van der Waals surface area (Å²) in [6.07, 6.45) is 1.84. The van der Waals surface area contributed by atoms with Gasteiger partial charge in [0.2, 0.25) is 5.65 Å². The molecule has 2 amide bonds. The summed E-state index contributed by atoms with van der Waals surface area (Å²) < 4.78 is 95.2. The van der Waals surface area contributed by atoms with Crippen molar-refractivity contribution in [2.45, 2.75) is 47.3 Å². The number of fused-ring (bicyclic) bond motifs is 1. The first-order valence-corrected chi connectivity index (χ1v) is 18.7. The first-order chi connectivity index (χ1) is 23.0. The van der Waals surface area contributed by atoms with Crippen molar-refractivity contribution in [1.82, 2.24) is 35.3 Å². The Balaban J connectivity index is 1.62. The number of sulfone groups is 1. The third kappa shape index (κ3) is 7.45. The minimum atomic E-state index is -5.06. The molecule has 0 saturated heterocycles. The highest BCUT2D eigenvalue weighted by molar-refractivity contribution is 7.90. The Morgan fingerprint density at radius 1 is 0.960 bits per heavy atom. The SMILES string of the molecule is CC(C)(C)c1[nH]n2nc(Cc3ccc(NC(=O)C([NH])=O)cc3)nc2c1N=Nc1c(S(C)(=O)=O)cnn1-c1cc(S(=O)(=O)O)ccc1S(=O)(=O)O. The van der Waals surface area contributed by atoms with Gasteiger partial charge < -0.3 is 5.32 Å². The Bertz CT molecular complexity index is 2550. The highest BCUT2D eigenvalue weighted by Gasteiger charge is 2.29. The first kappa shape index (κ1) is 35.9. The third-order valence-electron chi connectivity index (χ3n) is 6.94. The largest absolute Gasteiger partial charge is 0.328 e. The van der Waals surface area contributed by atoms with Crippen LogP contribution in [-0.4, -0.2) is 82.0 Å². The lowest BCUT2D eigenvalue weighted by Gasteiger charge is -2.16. The Hall–Kier alpha value is -5.36. The van der Waals surface area contributed by atoms with Gasteiger partial charge in [-0.3, -0.25) is 29.5 Å². The van der Waals surface area contributed by atoms with E-state index in [4.69, 9.17) is 5.73 Å². The molecule has 0 aliphatic rings. The van der Waals surface area contributed by atoms with Crippen molar-refractivity contribution in [1.29, 1.82) is 0 Å². The highest BCUT2D eigenvalue weighted by Crippen LogP contribution is 2.37. The number of nitrogens with zero attached hydrogens (tertiary/aromatic N) is 7. The Morgan fingerprint density at radius 3 is 2.18 bits per heavy atom. The maximum Gasteiger partial charge on any atom is 0.328 e. The molecule has 0 bridgehead atoms. The summed E-state index contributed by atoms with van der Waals surface area (Å²) in [5.41, 5.74) is 7.28. The molecule has 0 saturated carbocycles. The summed E-state index contributed by atoms with van der Waals surface area (Å²) in [5.74, 6) is -2.76. The van der Waals surface area contributed by atoms with Gasteiger partial charge in [-0.05, 0) is 35.9 Å². The molecule has 263 valence electrons. The number of hydrogen-bond donors (Lipinski definition) is 4. The van der Waals surface area contributed by atoms with E-state index in [0.717, 1.165) is 12.5 Å². The highest BCUT2D eigenvalue weighted by atomic mass is 32.2. The lowest BCUT2D eigenvalue weighted by atomic mass is 9.91. The number of nitrogens with one attached hydrogen (secondary N) is 3. The summed E-state index contributed by atoms with van der Waals surface area (Å²) in [6, 6.07) is 8.40. The van der Waals surface area contributed by atoms with Gasteiger partial charge in [-0.25, -0.2) is 18.1 Å². The zero-order valence-corrected chi connectivity index (χ0v) is 28.8. The average Bonchev–Trinajstić information content (AvgIpc) is 3.68. The number of aromatic nitrogens is 6. The molecule has 2 aromatic carbocycles. The zero-order valence-electron chi connectivity index (χ0n) is 26.3. The quantitative estimate of drug-likeness (QED) is 0.0956. The summed E-state index contributed by atoms with van der Waals surface area (Å²) >= 11 is 0. The third-order valence-corrected chi connectivity index (χ3v) is 9.78. The van der Waals surface area contributed by atoms with E-state index in [1.165, 1.54) is 16.8 Å². The van der Waals surface area contributed by atoms with Gasteiger partial charge in [0.1, 0.15) is 9.79 Å². The number of azo groups is 1. The van der Waals surface area contributed by atoms with Crippen LogP contribution in [0.1, 0.15) is 37.9 Å². The number of carbonyl (C=O) groups is 2. The normalized spacial score (nSPS) is 12.9. The number of rotatable bonds is 9. The van der Waals surface area contributed by atoms with Crippen molar-refractivity contribution in [3.05, 3.63) is 65.7 Å². The second-order valence-electron chi connectivity index (χ2n) is 11.8. The van der Waals surface area contributed by atoms with Crippen LogP contribution >= 0.6 is 0 Å².